The normalized spacial score (nSPS) is 15.0. The second kappa shape index (κ2) is 10.2. The number of rotatable bonds is 6. The van der Waals surface area contributed by atoms with Crippen LogP contribution in [0, 0.1) is 11.6 Å². The maximum Gasteiger partial charge on any atom is 0.223 e. The third-order valence-corrected chi connectivity index (χ3v) is 6.78. The first-order chi connectivity index (χ1) is 17.4. The Balaban J connectivity index is 1.29. The van der Waals surface area contributed by atoms with Crippen molar-refractivity contribution >= 4 is 22.9 Å². The highest BCUT2D eigenvalue weighted by Crippen LogP contribution is 2.30. The van der Waals surface area contributed by atoms with Crippen molar-refractivity contribution in [3.63, 3.8) is 0 Å². The van der Waals surface area contributed by atoms with Gasteiger partial charge in [0.1, 0.15) is 11.6 Å². The minimum Gasteiger partial charge on any atom is -0.313 e. The van der Waals surface area contributed by atoms with Gasteiger partial charge in [-0.05, 0) is 53.1 Å². The summed E-state index contributed by atoms with van der Waals surface area (Å²) in [5, 5.41) is 2.77. The molecule has 0 bridgehead atoms. The second-order valence-electron chi connectivity index (χ2n) is 9.32. The minimum absolute atomic E-state index is 0.0644. The molecule has 0 atom stereocenters. The molecule has 36 heavy (non-hydrogen) atoms. The number of benzene rings is 3. The smallest absolute Gasteiger partial charge is 0.223 e. The highest BCUT2D eigenvalue weighted by atomic mass is 19.1. The van der Waals surface area contributed by atoms with Crippen LogP contribution in [0.25, 0.3) is 11.0 Å². The Labute approximate surface area is 209 Å². The standard InChI is InChI=1S/C28H29F2N5O/c1-19(36)31-28-32-25-17-20(3-12-26(25)33(28)2)18-34-13-15-35(16-14-34)27(21-4-8-23(29)9-5-21)22-6-10-24(30)11-7-22/h3-12,17,27H,13-16,18H2,1-2H3,(H,31,32,36). The van der Waals surface area contributed by atoms with E-state index in [-0.39, 0.29) is 23.6 Å². The van der Waals surface area contributed by atoms with Crippen molar-refractivity contribution in [3.8, 4) is 0 Å². The molecule has 0 aliphatic carbocycles. The Morgan fingerprint density at radius 1 is 0.917 bits per heavy atom. The average Bonchev–Trinajstić information content (AvgIpc) is 3.16. The van der Waals surface area contributed by atoms with Gasteiger partial charge in [0.25, 0.3) is 0 Å². The topological polar surface area (TPSA) is 53.4 Å². The van der Waals surface area contributed by atoms with E-state index in [2.05, 4.69) is 32.2 Å². The number of hydrogen-bond donors (Lipinski definition) is 1. The molecule has 0 unspecified atom stereocenters. The molecule has 1 aliphatic rings. The fourth-order valence-electron chi connectivity index (χ4n) is 4.96. The lowest BCUT2D eigenvalue weighted by Crippen LogP contribution is -2.47. The van der Waals surface area contributed by atoms with E-state index in [1.165, 1.54) is 31.2 Å². The van der Waals surface area contributed by atoms with Crippen LogP contribution in [0.5, 0.6) is 0 Å². The zero-order chi connectivity index (χ0) is 25.2. The van der Waals surface area contributed by atoms with E-state index in [4.69, 9.17) is 0 Å². The average molecular weight is 490 g/mol. The Bertz CT molecular complexity index is 1310. The first-order valence-corrected chi connectivity index (χ1v) is 12.1. The summed E-state index contributed by atoms with van der Waals surface area (Å²) in [5.41, 5.74) is 4.97. The van der Waals surface area contributed by atoms with Crippen molar-refractivity contribution in [2.24, 2.45) is 7.05 Å². The lowest BCUT2D eigenvalue weighted by Gasteiger charge is -2.40. The number of amides is 1. The van der Waals surface area contributed by atoms with Crippen molar-refractivity contribution in [1.29, 1.82) is 0 Å². The molecule has 1 aliphatic heterocycles. The first-order valence-electron chi connectivity index (χ1n) is 12.1. The van der Waals surface area contributed by atoms with Crippen LogP contribution < -0.4 is 5.32 Å². The number of fused-ring (bicyclic) bond motifs is 1. The van der Waals surface area contributed by atoms with Crippen LogP contribution in [0.2, 0.25) is 0 Å². The SMILES string of the molecule is CC(=O)Nc1nc2cc(CN3CCN(C(c4ccc(F)cc4)c4ccc(F)cc4)CC3)ccc2n1C. The fraction of sp³-hybridized carbons (Fsp3) is 0.286. The molecule has 1 saturated heterocycles. The number of aromatic nitrogens is 2. The van der Waals surface area contributed by atoms with Crippen LogP contribution in [-0.2, 0) is 18.4 Å². The fourth-order valence-corrected chi connectivity index (χ4v) is 4.96. The third-order valence-electron chi connectivity index (χ3n) is 6.78. The summed E-state index contributed by atoms with van der Waals surface area (Å²) in [7, 11) is 1.89. The summed E-state index contributed by atoms with van der Waals surface area (Å²) >= 11 is 0. The van der Waals surface area contributed by atoms with E-state index in [0.717, 1.165) is 60.4 Å². The highest BCUT2D eigenvalue weighted by molar-refractivity contribution is 5.89. The zero-order valence-corrected chi connectivity index (χ0v) is 20.4. The molecule has 1 amide bonds. The Morgan fingerprint density at radius 3 is 2.06 bits per heavy atom. The maximum atomic E-state index is 13.6. The lowest BCUT2D eigenvalue weighted by atomic mass is 9.96. The van der Waals surface area contributed by atoms with Crippen molar-refractivity contribution < 1.29 is 13.6 Å². The van der Waals surface area contributed by atoms with E-state index < -0.39 is 0 Å². The van der Waals surface area contributed by atoms with Gasteiger partial charge in [-0.1, -0.05) is 30.3 Å². The number of imidazole rings is 1. The van der Waals surface area contributed by atoms with E-state index in [0.29, 0.717) is 5.95 Å². The highest BCUT2D eigenvalue weighted by Gasteiger charge is 2.26. The molecule has 1 aromatic heterocycles. The predicted octanol–water partition coefficient (Wildman–Crippen LogP) is 4.72. The van der Waals surface area contributed by atoms with Gasteiger partial charge in [-0.2, -0.15) is 0 Å². The van der Waals surface area contributed by atoms with Gasteiger partial charge in [-0.25, -0.2) is 13.8 Å². The summed E-state index contributed by atoms with van der Waals surface area (Å²) in [6.07, 6.45) is 0. The van der Waals surface area contributed by atoms with Gasteiger partial charge < -0.3 is 4.57 Å². The van der Waals surface area contributed by atoms with Crippen molar-refractivity contribution in [1.82, 2.24) is 19.4 Å². The zero-order valence-electron chi connectivity index (χ0n) is 20.4. The number of aryl methyl sites for hydroxylation is 1. The van der Waals surface area contributed by atoms with Crippen LogP contribution in [0.3, 0.4) is 0 Å². The van der Waals surface area contributed by atoms with Gasteiger partial charge in [0.05, 0.1) is 17.1 Å². The summed E-state index contributed by atoms with van der Waals surface area (Å²) in [6, 6.07) is 19.3. The number of nitrogens with zero attached hydrogens (tertiary/aromatic N) is 4. The number of hydrogen-bond acceptors (Lipinski definition) is 4. The molecule has 3 aromatic carbocycles. The number of piperazine rings is 1. The van der Waals surface area contributed by atoms with E-state index in [1.807, 2.05) is 41.9 Å². The van der Waals surface area contributed by atoms with Crippen molar-refractivity contribution in [3.05, 3.63) is 95.1 Å². The van der Waals surface area contributed by atoms with Crippen LogP contribution in [0.15, 0.2) is 66.7 Å². The van der Waals surface area contributed by atoms with Gasteiger partial charge in [-0.15, -0.1) is 0 Å². The van der Waals surface area contributed by atoms with Crippen molar-refractivity contribution in [2.45, 2.75) is 19.5 Å². The molecule has 186 valence electrons. The van der Waals surface area contributed by atoms with E-state index in [1.54, 1.807) is 0 Å². The number of anilines is 1. The van der Waals surface area contributed by atoms with Crippen molar-refractivity contribution in [2.75, 3.05) is 31.5 Å². The summed E-state index contributed by atoms with van der Waals surface area (Å²) in [4.78, 5) is 20.8. The lowest BCUT2D eigenvalue weighted by molar-refractivity contribution is -0.114. The molecule has 8 heteroatoms. The Hall–Kier alpha value is -3.62. The largest absolute Gasteiger partial charge is 0.313 e. The summed E-state index contributed by atoms with van der Waals surface area (Å²) < 4.78 is 29.1. The second-order valence-corrected chi connectivity index (χ2v) is 9.32. The molecule has 1 N–H and O–H groups in total. The predicted molar refractivity (Wildman–Crippen MR) is 137 cm³/mol. The number of carbonyl (C=O) groups excluding carboxylic acids is 1. The molecule has 0 radical (unpaired) electrons. The number of nitrogens with one attached hydrogen (secondary N) is 1. The summed E-state index contributed by atoms with van der Waals surface area (Å²) in [6.45, 7) is 5.68. The van der Waals surface area contributed by atoms with Crippen LogP contribution in [-0.4, -0.2) is 51.4 Å². The minimum atomic E-state index is -0.268. The number of halogens is 2. The molecule has 5 rings (SSSR count). The first kappa shape index (κ1) is 24.1. The van der Waals surface area contributed by atoms with Gasteiger partial charge in [0, 0.05) is 46.7 Å². The van der Waals surface area contributed by atoms with Gasteiger partial charge in [-0.3, -0.25) is 19.9 Å². The Morgan fingerprint density at radius 2 is 1.50 bits per heavy atom. The summed E-state index contributed by atoms with van der Waals surface area (Å²) in [5.74, 6) is -0.145. The van der Waals surface area contributed by atoms with Crippen LogP contribution in [0.4, 0.5) is 14.7 Å². The molecular weight excluding hydrogens is 460 g/mol. The van der Waals surface area contributed by atoms with Gasteiger partial charge >= 0.3 is 0 Å². The molecule has 2 heterocycles. The molecule has 6 nitrogen and oxygen atoms in total. The molecule has 0 spiro atoms. The van der Waals surface area contributed by atoms with Gasteiger partial charge in [0.15, 0.2) is 0 Å². The van der Waals surface area contributed by atoms with Crippen LogP contribution in [0.1, 0.15) is 29.7 Å². The van der Waals surface area contributed by atoms with E-state index >= 15 is 0 Å². The number of carbonyl (C=O) groups is 1. The van der Waals surface area contributed by atoms with Gasteiger partial charge in [0.2, 0.25) is 11.9 Å². The maximum absolute atomic E-state index is 13.6. The molecule has 4 aromatic rings. The monoisotopic (exact) mass is 489 g/mol. The molecular formula is C28H29F2N5O. The van der Waals surface area contributed by atoms with Crippen LogP contribution >= 0.6 is 0 Å². The quantitative estimate of drug-likeness (QED) is 0.426. The van der Waals surface area contributed by atoms with E-state index in [9.17, 15) is 13.6 Å². The molecule has 0 saturated carbocycles. The Kier molecular flexibility index (Phi) is 6.80. The molecule has 1 fully saturated rings. The third kappa shape index (κ3) is 5.15.